The van der Waals surface area contributed by atoms with Gasteiger partial charge in [-0.25, -0.2) is 0 Å². The maximum atomic E-state index is 12.8. The predicted molar refractivity (Wildman–Crippen MR) is 99.6 cm³/mol. The highest BCUT2D eigenvalue weighted by atomic mass is 16.7. The van der Waals surface area contributed by atoms with Crippen molar-refractivity contribution < 1.29 is 14.3 Å². The molecule has 4 rings (SSSR count). The van der Waals surface area contributed by atoms with Gasteiger partial charge in [-0.05, 0) is 63.1 Å². The summed E-state index contributed by atoms with van der Waals surface area (Å²) in [5.41, 5.74) is 4.24. The van der Waals surface area contributed by atoms with Gasteiger partial charge in [-0.2, -0.15) is 0 Å². The lowest BCUT2D eigenvalue weighted by Gasteiger charge is -2.33. The van der Waals surface area contributed by atoms with E-state index in [1.165, 1.54) is 11.4 Å². The molecule has 0 radical (unpaired) electrons. The number of carbonyl (C=O) groups is 1. The fraction of sp³-hybridized carbons (Fsp3) is 0.476. The van der Waals surface area contributed by atoms with Crippen LogP contribution in [-0.2, 0) is 9.47 Å². The summed E-state index contributed by atoms with van der Waals surface area (Å²) in [6, 6.07) is 12.1. The molecule has 138 valence electrons. The highest BCUT2D eigenvalue weighted by molar-refractivity contribution is 5.94. The minimum absolute atomic E-state index is 0.0698. The zero-order valence-electron chi connectivity index (χ0n) is 15.5. The third-order valence-electron chi connectivity index (χ3n) is 5.50. The van der Waals surface area contributed by atoms with E-state index in [4.69, 9.17) is 9.47 Å². The molecule has 0 unspecified atom stereocenters. The molecule has 2 aliphatic heterocycles. The van der Waals surface area contributed by atoms with Crippen molar-refractivity contribution in [2.24, 2.45) is 5.92 Å². The maximum Gasteiger partial charge on any atom is 0.253 e. The maximum absolute atomic E-state index is 12.8. The van der Waals surface area contributed by atoms with Gasteiger partial charge in [-0.1, -0.05) is 0 Å². The number of aryl methyl sites for hydroxylation is 2. The van der Waals surface area contributed by atoms with Gasteiger partial charge in [0.25, 0.3) is 5.91 Å². The van der Waals surface area contributed by atoms with E-state index in [0.29, 0.717) is 19.1 Å². The van der Waals surface area contributed by atoms with E-state index in [9.17, 15) is 4.79 Å². The minimum atomic E-state index is -0.0698. The molecule has 26 heavy (non-hydrogen) atoms. The Morgan fingerprint density at radius 2 is 1.50 bits per heavy atom. The minimum Gasteiger partial charge on any atom is -0.350 e. The first-order chi connectivity index (χ1) is 12.6. The van der Waals surface area contributed by atoms with E-state index in [2.05, 4.69) is 30.5 Å². The average Bonchev–Trinajstić information content (AvgIpc) is 3.32. The smallest absolute Gasteiger partial charge is 0.253 e. The van der Waals surface area contributed by atoms with E-state index in [-0.39, 0.29) is 12.2 Å². The van der Waals surface area contributed by atoms with Gasteiger partial charge in [0.15, 0.2) is 6.29 Å². The summed E-state index contributed by atoms with van der Waals surface area (Å²) in [4.78, 5) is 14.8. The van der Waals surface area contributed by atoms with Gasteiger partial charge >= 0.3 is 0 Å². The quantitative estimate of drug-likeness (QED) is 0.849. The van der Waals surface area contributed by atoms with Crippen LogP contribution in [0.25, 0.3) is 5.69 Å². The summed E-state index contributed by atoms with van der Waals surface area (Å²) in [6.07, 6.45) is 1.81. The fourth-order valence-electron chi connectivity index (χ4n) is 4.03. The van der Waals surface area contributed by atoms with Gasteiger partial charge in [-0.15, -0.1) is 0 Å². The van der Waals surface area contributed by atoms with Crippen molar-refractivity contribution in [3.63, 3.8) is 0 Å². The van der Waals surface area contributed by atoms with Crippen LogP contribution in [0, 0.1) is 19.8 Å². The second-order valence-corrected chi connectivity index (χ2v) is 7.24. The monoisotopic (exact) mass is 354 g/mol. The number of carbonyl (C=O) groups excluding carboxylic acids is 1. The number of likely N-dealkylation sites (tertiary alicyclic amines) is 1. The van der Waals surface area contributed by atoms with Crippen molar-refractivity contribution in [2.75, 3.05) is 26.3 Å². The lowest BCUT2D eigenvalue weighted by atomic mass is 9.95. The van der Waals surface area contributed by atoms with Crippen LogP contribution < -0.4 is 0 Å². The molecule has 1 amide bonds. The van der Waals surface area contributed by atoms with Crippen molar-refractivity contribution in [3.05, 3.63) is 53.3 Å². The molecule has 2 aromatic rings. The Labute approximate surface area is 154 Å². The highest BCUT2D eigenvalue weighted by Gasteiger charge is 2.32. The Kier molecular flexibility index (Phi) is 4.83. The number of hydrogen-bond acceptors (Lipinski definition) is 3. The van der Waals surface area contributed by atoms with Gasteiger partial charge in [0.1, 0.15) is 0 Å². The zero-order chi connectivity index (χ0) is 18.1. The van der Waals surface area contributed by atoms with Gasteiger partial charge < -0.3 is 18.9 Å². The summed E-state index contributed by atoms with van der Waals surface area (Å²) in [5, 5.41) is 0. The first-order valence-electron chi connectivity index (χ1n) is 9.41. The Balaban J connectivity index is 1.41. The van der Waals surface area contributed by atoms with Crippen LogP contribution in [-0.4, -0.2) is 48.0 Å². The summed E-state index contributed by atoms with van der Waals surface area (Å²) >= 11 is 0. The molecular weight excluding hydrogens is 328 g/mol. The lowest BCUT2D eigenvalue weighted by Crippen LogP contribution is -2.41. The van der Waals surface area contributed by atoms with E-state index >= 15 is 0 Å². The normalized spacial score (nSPS) is 19.2. The second kappa shape index (κ2) is 7.25. The van der Waals surface area contributed by atoms with E-state index in [1.807, 2.05) is 29.2 Å². The van der Waals surface area contributed by atoms with E-state index in [0.717, 1.165) is 37.2 Å². The molecular formula is C21H26N2O3. The first kappa shape index (κ1) is 17.3. The molecule has 0 N–H and O–H groups in total. The molecule has 2 aliphatic rings. The molecule has 5 heteroatoms. The van der Waals surface area contributed by atoms with Crippen LogP contribution in [0.2, 0.25) is 0 Å². The number of aromatic nitrogens is 1. The van der Waals surface area contributed by atoms with Crippen LogP contribution in [0.4, 0.5) is 0 Å². The second-order valence-electron chi connectivity index (χ2n) is 7.24. The van der Waals surface area contributed by atoms with Crippen molar-refractivity contribution in [1.29, 1.82) is 0 Å². The first-order valence-corrected chi connectivity index (χ1v) is 9.41. The molecule has 0 spiro atoms. The number of benzene rings is 1. The Hall–Kier alpha value is -2.11. The van der Waals surface area contributed by atoms with Gasteiger partial charge in [-0.3, -0.25) is 4.79 Å². The molecule has 0 bridgehead atoms. The van der Waals surface area contributed by atoms with Gasteiger partial charge in [0, 0.05) is 41.6 Å². The van der Waals surface area contributed by atoms with Crippen molar-refractivity contribution in [1.82, 2.24) is 9.47 Å². The molecule has 2 saturated heterocycles. The topological polar surface area (TPSA) is 43.7 Å². The lowest BCUT2D eigenvalue weighted by molar-refractivity contribution is -0.0956. The Morgan fingerprint density at radius 1 is 0.923 bits per heavy atom. The molecule has 0 saturated carbocycles. The molecule has 0 aliphatic carbocycles. The van der Waals surface area contributed by atoms with Crippen LogP contribution in [0.3, 0.4) is 0 Å². The van der Waals surface area contributed by atoms with Gasteiger partial charge in [0.2, 0.25) is 0 Å². The standard InChI is InChI=1S/C21H26N2O3/c1-15-3-4-16(2)23(15)19-7-5-17(6-8-19)20(24)22-11-9-18(10-12-22)21-25-13-14-26-21/h3-8,18,21H,9-14H2,1-2H3. The van der Waals surface area contributed by atoms with E-state index in [1.54, 1.807) is 0 Å². The molecule has 3 heterocycles. The highest BCUT2D eigenvalue weighted by Crippen LogP contribution is 2.27. The Bertz CT molecular complexity index is 748. The van der Waals surface area contributed by atoms with Crippen LogP contribution >= 0.6 is 0 Å². The molecule has 1 aromatic carbocycles. The molecule has 5 nitrogen and oxygen atoms in total. The largest absolute Gasteiger partial charge is 0.350 e. The summed E-state index contributed by atoms with van der Waals surface area (Å²) in [6.45, 7) is 7.10. The van der Waals surface area contributed by atoms with Crippen molar-refractivity contribution in [3.8, 4) is 5.69 Å². The zero-order valence-corrected chi connectivity index (χ0v) is 15.5. The summed E-state index contributed by atoms with van der Waals surface area (Å²) in [7, 11) is 0. The third-order valence-corrected chi connectivity index (χ3v) is 5.50. The third kappa shape index (κ3) is 3.29. The van der Waals surface area contributed by atoms with Crippen LogP contribution in [0.15, 0.2) is 36.4 Å². The average molecular weight is 354 g/mol. The Morgan fingerprint density at radius 3 is 2.08 bits per heavy atom. The molecule has 0 atom stereocenters. The number of nitrogens with zero attached hydrogens (tertiary/aromatic N) is 2. The molecule has 2 fully saturated rings. The number of hydrogen-bond donors (Lipinski definition) is 0. The number of piperidine rings is 1. The van der Waals surface area contributed by atoms with Crippen molar-refractivity contribution >= 4 is 5.91 Å². The number of amides is 1. The summed E-state index contributed by atoms with van der Waals surface area (Å²) < 4.78 is 13.4. The van der Waals surface area contributed by atoms with Gasteiger partial charge in [0.05, 0.1) is 13.2 Å². The predicted octanol–water partition coefficient (Wildman–Crippen LogP) is 3.32. The SMILES string of the molecule is Cc1ccc(C)n1-c1ccc(C(=O)N2CCC(C3OCCO3)CC2)cc1. The number of ether oxygens (including phenoxy) is 2. The van der Waals surface area contributed by atoms with Crippen LogP contribution in [0.5, 0.6) is 0 Å². The fourth-order valence-corrected chi connectivity index (χ4v) is 4.03. The summed E-state index contributed by atoms with van der Waals surface area (Å²) in [5.74, 6) is 0.521. The van der Waals surface area contributed by atoms with Crippen molar-refractivity contribution in [2.45, 2.75) is 33.0 Å². The van der Waals surface area contributed by atoms with Crippen LogP contribution in [0.1, 0.15) is 34.6 Å². The molecule has 1 aromatic heterocycles. The van der Waals surface area contributed by atoms with E-state index < -0.39 is 0 Å². The number of rotatable bonds is 3.